The summed E-state index contributed by atoms with van der Waals surface area (Å²) in [5, 5.41) is 10.2. The molecule has 4 heteroatoms. The van der Waals surface area contributed by atoms with Crippen LogP contribution in [0.1, 0.15) is 11.1 Å². The summed E-state index contributed by atoms with van der Waals surface area (Å²) in [5.74, 6) is -0.206. The Hall–Kier alpha value is -1.65. The molecule has 0 atom stereocenters. The minimum absolute atomic E-state index is 0.0291. The van der Waals surface area contributed by atoms with Crippen LogP contribution in [0.25, 0.3) is 10.9 Å². The van der Waals surface area contributed by atoms with Gasteiger partial charge in [0.25, 0.3) is 0 Å². The molecule has 0 aliphatic heterocycles. The third-order valence-electron chi connectivity index (χ3n) is 3.37. The quantitative estimate of drug-likeness (QED) is 0.767. The Morgan fingerprint density at radius 3 is 2.75 bits per heavy atom. The van der Waals surface area contributed by atoms with Crippen molar-refractivity contribution < 1.29 is 9.50 Å². The molecule has 0 aliphatic rings. The molecule has 2 nitrogen and oxygen atoms in total. The van der Waals surface area contributed by atoms with E-state index in [4.69, 9.17) is 5.11 Å². The maximum absolute atomic E-state index is 13.8. The Kier molecular flexibility index (Phi) is 3.59. The molecule has 0 amide bonds. The molecule has 0 fully saturated rings. The fraction of sp³-hybridized carbons (Fsp3) is 0.125. The SMILES string of the molecule is OCc1ccc2c(ccn2Cc2cc(Br)ccc2F)c1. The van der Waals surface area contributed by atoms with Gasteiger partial charge in [-0.25, -0.2) is 4.39 Å². The second-order valence-electron chi connectivity index (χ2n) is 4.73. The maximum Gasteiger partial charge on any atom is 0.128 e. The first kappa shape index (κ1) is 13.3. The number of hydrogen-bond donors (Lipinski definition) is 1. The van der Waals surface area contributed by atoms with Gasteiger partial charge in [-0.2, -0.15) is 0 Å². The van der Waals surface area contributed by atoms with E-state index < -0.39 is 0 Å². The Morgan fingerprint density at radius 2 is 1.95 bits per heavy atom. The predicted molar refractivity (Wildman–Crippen MR) is 81.1 cm³/mol. The average Bonchev–Trinajstić information content (AvgIpc) is 2.85. The van der Waals surface area contributed by atoms with E-state index in [1.807, 2.05) is 35.0 Å². The zero-order valence-electron chi connectivity index (χ0n) is 10.7. The van der Waals surface area contributed by atoms with E-state index in [0.29, 0.717) is 12.1 Å². The number of fused-ring (bicyclic) bond motifs is 1. The molecule has 0 saturated heterocycles. The van der Waals surface area contributed by atoms with Crippen molar-refractivity contribution in [3.05, 3.63) is 70.1 Å². The second kappa shape index (κ2) is 5.38. The zero-order valence-corrected chi connectivity index (χ0v) is 12.3. The van der Waals surface area contributed by atoms with Crippen molar-refractivity contribution in [1.82, 2.24) is 4.57 Å². The van der Waals surface area contributed by atoms with E-state index >= 15 is 0 Å². The van der Waals surface area contributed by atoms with E-state index in [1.54, 1.807) is 12.1 Å². The molecule has 0 saturated carbocycles. The summed E-state index contributed by atoms with van der Waals surface area (Å²) in [6.45, 7) is 0.509. The van der Waals surface area contributed by atoms with Gasteiger partial charge >= 0.3 is 0 Å². The minimum atomic E-state index is -0.206. The summed E-state index contributed by atoms with van der Waals surface area (Å²) in [7, 11) is 0. The van der Waals surface area contributed by atoms with Gasteiger partial charge in [0, 0.05) is 21.7 Å². The minimum Gasteiger partial charge on any atom is -0.392 e. The molecule has 3 aromatic rings. The summed E-state index contributed by atoms with van der Waals surface area (Å²) in [5.41, 5.74) is 2.55. The predicted octanol–water partition coefficient (Wildman–Crippen LogP) is 4.08. The molecule has 1 heterocycles. The molecule has 0 aliphatic carbocycles. The third kappa shape index (κ3) is 2.49. The van der Waals surface area contributed by atoms with E-state index in [9.17, 15) is 4.39 Å². The first-order chi connectivity index (χ1) is 9.67. The van der Waals surface area contributed by atoms with Crippen LogP contribution in [0.4, 0.5) is 4.39 Å². The lowest BCUT2D eigenvalue weighted by Crippen LogP contribution is -2.00. The summed E-state index contributed by atoms with van der Waals surface area (Å²) in [4.78, 5) is 0. The number of aliphatic hydroxyl groups is 1. The van der Waals surface area contributed by atoms with E-state index in [2.05, 4.69) is 15.9 Å². The molecule has 2 aromatic carbocycles. The standard InChI is InChI=1S/C16H13BrFNO/c17-14-2-3-15(18)13(8-14)9-19-6-5-12-7-11(10-20)1-4-16(12)19/h1-8,20H,9-10H2. The fourth-order valence-corrected chi connectivity index (χ4v) is 2.74. The van der Waals surface area contributed by atoms with Crippen LogP contribution in [0.3, 0.4) is 0 Å². The van der Waals surface area contributed by atoms with Gasteiger partial charge in [0.1, 0.15) is 5.82 Å². The van der Waals surface area contributed by atoms with Gasteiger partial charge in [-0.3, -0.25) is 0 Å². The van der Waals surface area contributed by atoms with Crippen LogP contribution in [-0.4, -0.2) is 9.67 Å². The smallest absolute Gasteiger partial charge is 0.128 e. The molecule has 0 spiro atoms. The van der Waals surface area contributed by atoms with Gasteiger partial charge in [-0.05, 0) is 47.3 Å². The fourth-order valence-electron chi connectivity index (χ4n) is 2.33. The molecule has 0 radical (unpaired) electrons. The topological polar surface area (TPSA) is 25.2 Å². The highest BCUT2D eigenvalue weighted by Crippen LogP contribution is 2.21. The number of hydrogen-bond acceptors (Lipinski definition) is 1. The van der Waals surface area contributed by atoms with Gasteiger partial charge in [-0.1, -0.05) is 22.0 Å². The first-order valence-electron chi connectivity index (χ1n) is 6.30. The summed E-state index contributed by atoms with van der Waals surface area (Å²) in [6.07, 6.45) is 1.94. The Balaban J connectivity index is 2.00. The molecule has 0 bridgehead atoms. The number of benzene rings is 2. The van der Waals surface area contributed by atoms with Crippen LogP contribution >= 0.6 is 15.9 Å². The van der Waals surface area contributed by atoms with Crippen molar-refractivity contribution >= 4 is 26.8 Å². The first-order valence-corrected chi connectivity index (χ1v) is 7.09. The average molecular weight is 334 g/mol. The molecule has 3 rings (SSSR count). The van der Waals surface area contributed by atoms with E-state index in [0.717, 1.165) is 20.9 Å². The lowest BCUT2D eigenvalue weighted by molar-refractivity contribution is 0.282. The van der Waals surface area contributed by atoms with Crippen LogP contribution < -0.4 is 0 Å². The highest BCUT2D eigenvalue weighted by atomic mass is 79.9. The number of nitrogens with zero attached hydrogens (tertiary/aromatic N) is 1. The largest absolute Gasteiger partial charge is 0.392 e. The van der Waals surface area contributed by atoms with Gasteiger partial charge in [0.05, 0.1) is 13.2 Å². The van der Waals surface area contributed by atoms with Crippen LogP contribution in [0.5, 0.6) is 0 Å². The monoisotopic (exact) mass is 333 g/mol. The normalized spacial score (nSPS) is 11.2. The van der Waals surface area contributed by atoms with E-state index in [1.165, 1.54) is 6.07 Å². The maximum atomic E-state index is 13.8. The Bertz CT molecular complexity index is 766. The van der Waals surface area contributed by atoms with Gasteiger partial charge in [-0.15, -0.1) is 0 Å². The van der Waals surface area contributed by atoms with Crippen molar-refractivity contribution in [2.24, 2.45) is 0 Å². The summed E-state index contributed by atoms with van der Waals surface area (Å²) in [6, 6.07) is 12.7. The molecule has 0 unspecified atom stereocenters. The van der Waals surface area contributed by atoms with Crippen molar-refractivity contribution in [1.29, 1.82) is 0 Å². The zero-order chi connectivity index (χ0) is 14.1. The Morgan fingerprint density at radius 1 is 1.10 bits per heavy atom. The number of aliphatic hydroxyl groups excluding tert-OH is 1. The number of halogens is 2. The molecule has 20 heavy (non-hydrogen) atoms. The molecular formula is C16H13BrFNO. The summed E-state index contributed by atoms with van der Waals surface area (Å²) < 4.78 is 16.7. The molecule has 1 aromatic heterocycles. The van der Waals surface area contributed by atoms with Crippen LogP contribution in [0, 0.1) is 5.82 Å². The van der Waals surface area contributed by atoms with Gasteiger partial charge in [0.2, 0.25) is 0 Å². The van der Waals surface area contributed by atoms with E-state index in [-0.39, 0.29) is 12.4 Å². The van der Waals surface area contributed by atoms with Crippen molar-refractivity contribution in [3.8, 4) is 0 Å². The summed E-state index contributed by atoms with van der Waals surface area (Å²) >= 11 is 3.37. The van der Waals surface area contributed by atoms with Crippen LogP contribution in [0.2, 0.25) is 0 Å². The second-order valence-corrected chi connectivity index (χ2v) is 5.65. The molecule has 102 valence electrons. The van der Waals surface area contributed by atoms with Crippen molar-refractivity contribution in [3.63, 3.8) is 0 Å². The lowest BCUT2D eigenvalue weighted by atomic mass is 10.1. The van der Waals surface area contributed by atoms with Gasteiger partial charge < -0.3 is 9.67 Å². The van der Waals surface area contributed by atoms with Gasteiger partial charge in [0.15, 0.2) is 0 Å². The van der Waals surface area contributed by atoms with Crippen molar-refractivity contribution in [2.45, 2.75) is 13.2 Å². The lowest BCUT2D eigenvalue weighted by Gasteiger charge is -2.08. The number of rotatable bonds is 3. The highest BCUT2D eigenvalue weighted by molar-refractivity contribution is 9.10. The molecular weight excluding hydrogens is 321 g/mol. The Labute approximate surface area is 124 Å². The highest BCUT2D eigenvalue weighted by Gasteiger charge is 2.07. The van der Waals surface area contributed by atoms with Crippen LogP contribution in [-0.2, 0) is 13.2 Å². The molecule has 1 N–H and O–H groups in total. The number of aromatic nitrogens is 1. The van der Waals surface area contributed by atoms with Crippen LogP contribution in [0.15, 0.2) is 53.1 Å². The van der Waals surface area contributed by atoms with Crippen molar-refractivity contribution in [2.75, 3.05) is 0 Å². The third-order valence-corrected chi connectivity index (χ3v) is 3.86.